The molecule has 0 atom stereocenters. The van der Waals surface area contributed by atoms with Crippen molar-refractivity contribution in [2.75, 3.05) is 0 Å². The standard InChI is InChI=1S/C16H11BrN2OS/c17-8-11-2-1-3-12(6-11)10-20-13-4-5-14-15(7-13)21-16(9-18)19-14/h1-7H,8,10H2. The smallest absolute Gasteiger partial charge is 0.195 e. The molecule has 0 amide bonds. The van der Waals surface area contributed by atoms with Crippen LogP contribution in [0, 0.1) is 11.3 Å². The molecule has 3 aromatic rings. The normalized spacial score (nSPS) is 10.5. The monoisotopic (exact) mass is 358 g/mol. The molecule has 0 N–H and O–H groups in total. The number of thiazole rings is 1. The molecule has 0 fully saturated rings. The average Bonchev–Trinajstić information content (AvgIpc) is 2.95. The molecule has 0 aliphatic carbocycles. The van der Waals surface area contributed by atoms with E-state index in [0.29, 0.717) is 11.6 Å². The molecule has 104 valence electrons. The third-order valence-electron chi connectivity index (χ3n) is 3.01. The number of alkyl halides is 1. The quantitative estimate of drug-likeness (QED) is 0.638. The Kier molecular flexibility index (Phi) is 4.18. The topological polar surface area (TPSA) is 45.9 Å². The highest BCUT2D eigenvalue weighted by atomic mass is 79.9. The van der Waals surface area contributed by atoms with E-state index in [1.54, 1.807) is 0 Å². The highest BCUT2D eigenvalue weighted by molar-refractivity contribution is 9.08. The fraction of sp³-hybridized carbons (Fsp3) is 0.125. The molecule has 0 radical (unpaired) electrons. The summed E-state index contributed by atoms with van der Waals surface area (Å²) in [6, 6.07) is 16.0. The van der Waals surface area contributed by atoms with Gasteiger partial charge in [-0.05, 0) is 29.3 Å². The molecular weight excluding hydrogens is 348 g/mol. The molecule has 1 aromatic heterocycles. The summed E-state index contributed by atoms with van der Waals surface area (Å²) < 4.78 is 6.79. The van der Waals surface area contributed by atoms with E-state index in [1.807, 2.05) is 30.3 Å². The van der Waals surface area contributed by atoms with Crippen LogP contribution in [0.1, 0.15) is 16.1 Å². The molecule has 0 bridgehead atoms. The molecule has 2 aromatic carbocycles. The summed E-state index contributed by atoms with van der Waals surface area (Å²) in [6.07, 6.45) is 0. The van der Waals surface area contributed by atoms with Crippen LogP contribution >= 0.6 is 27.3 Å². The number of hydrogen-bond donors (Lipinski definition) is 0. The lowest BCUT2D eigenvalue weighted by Crippen LogP contribution is -1.95. The molecule has 0 spiro atoms. The molecule has 0 saturated heterocycles. The molecule has 0 saturated carbocycles. The van der Waals surface area contributed by atoms with Crippen molar-refractivity contribution < 1.29 is 4.74 Å². The van der Waals surface area contributed by atoms with Gasteiger partial charge in [-0.15, -0.1) is 11.3 Å². The van der Waals surface area contributed by atoms with Gasteiger partial charge in [0.15, 0.2) is 5.01 Å². The van der Waals surface area contributed by atoms with Crippen LogP contribution in [0.5, 0.6) is 5.75 Å². The van der Waals surface area contributed by atoms with Gasteiger partial charge in [0, 0.05) is 5.33 Å². The van der Waals surface area contributed by atoms with Crippen LogP contribution in [-0.2, 0) is 11.9 Å². The largest absolute Gasteiger partial charge is 0.489 e. The first-order chi connectivity index (χ1) is 10.3. The van der Waals surface area contributed by atoms with E-state index in [9.17, 15) is 0 Å². The summed E-state index contributed by atoms with van der Waals surface area (Å²) in [4.78, 5) is 4.21. The number of fused-ring (bicyclic) bond motifs is 1. The summed E-state index contributed by atoms with van der Waals surface area (Å²) in [5, 5.41) is 10.2. The van der Waals surface area contributed by atoms with Gasteiger partial charge in [-0.25, -0.2) is 4.98 Å². The number of nitriles is 1. The lowest BCUT2D eigenvalue weighted by atomic mass is 10.1. The van der Waals surface area contributed by atoms with Gasteiger partial charge in [0.05, 0.1) is 10.2 Å². The van der Waals surface area contributed by atoms with Crippen LogP contribution in [0.25, 0.3) is 10.2 Å². The summed E-state index contributed by atoms with van der Waals surface area (Å²) >= 11 is 4.83. The number of benzene rings is 2. The van der Waals surface area contributed by atoms with Gasteiger partial charge < -0.3 is 4.74 Å². The van der Waals surface area contributed by atoms with Crippen LogP contribution < -0.4 is 4.74 Å². The number of nitrogens with zero attached hydrogens (tertiary/aromatic N) is 2. The molecule has 0 aliphatic heterocycles. The van der Waals surface area contributed by atoms with E-state index < -0.39 is 0 Å². The molecule has 1 heterocycles. The van der Waals surface area contributed by atoms with Gasteiger partial charge in [0.2, 0.25) is 0 Å². The number of aromatic nitrogens is 1. The zero-order valence-corrected chi connectivity index (χ0v) is 13.4. The molecule has 21 heavy (non-hydrogen) atoms. The minimum Gasteiger partial charge on any atom is -0.489 e. The Morgan fingerprint density at radius 2 is 2.05 bits per heavy atom. The van der Waals surface area contributed by atoms with Crippen LogP contribution in [0.3, 0.4) is 0 Å². The number of hydrogen-bond acceptors (Lipinski definition) is 4. The minimum atomic E-state index is 0.479. The van der Waals surface area contributed by atoms with Crippen molar-refractivity contribution in [3.8, 4) is 11.8 Å². The number of ether oxygens (including phenoxy) is 1. The highest BCUT2D eigenvalue weighted by Crippen LogP contribution is 2.26. The molecular formula is C16H11BrN2OS. The number of halogens is 1. The Bertz CT molecular complexity index is 823. The van der Waals surface area contributed by atoms with Gasteiger partial charge in [-0.2, -0.15) is 5.26 Å². The van der Waals surface area contributed by atoms with E-state index in [0.717, 1.165) is 26.9 Å². The lowest BCUT2D eigenvalue weighted by molar-refractivity contribution is 0.306. The first-order valence-electron chi connectivity index (χ1n) is 6.36. The Labute approximate surface area is 134 Å². The zero-order valence-electron chi connectivity index (χ0n) is 11.0. The Morgan fingerprint density at radius 1 is 1.19 bits per heavy atom. The fourth-order valence-corrected chi connectivity index (χ4v) is 3.15. The third-order valence-corrected chi connectivity index (χ3v) is 4.58. The van der Waals surface area contributed by atoms with Crippen molar-refractivity contribution in [1.82, 2.24) is 4.98 Å². The van der Waals surface area contributed by atoms with Gasteiger partial charge in [-0.3, -0.25) is 0 Å². The van der Waals surface area contributed by atoms with Gasteiger partial charge in [0.1, 0.15) is 18.4 Å². The maximum atomic E-state index is 8.87. The van der Waals surface area contributed by atoms with E-state index in [4.69, 9.17) is 10.00 Å². The van der Waals surface area contributed by atoms with Crippen LogP contribution in [0.4, 0.5) is 0 Å². The zero-order chi connectivity index (χ0) is 14.7. The first kappa shape index (κ1) is 14.1. The third kappa shape index (κ3) is 3.23. The lowest BCUT2D eigenvalue weighted by Gasteiger charge is -2.07. The Morgan fingerprint density at radius 3 is 2.86 bits per heavy atom. The second-order valence-corrected chi connectivity index (χ2v) is 6.09. The second-order valence-electron chi connectivity index (χ2n) is 4.50. The molecule has 5 heteroatoms. The summed E-state index contributed by atoms with van der Waals surface area (Å²) in [5.41, 5.74) is 3.20. The van der Waals surface area contributed by atoms with Crippen molar-refractivity contribution in [2.45, 2.75) is 11.9 Å². The summed E-state index contributed by atoms with van der Waals surface area (Å²) in [5.74, 6) is 0.792. The van der Waals surface area contributed by atoms with Crippen molar-refractivity contribution >= 4 is 37.5 Å². The van der Waals surface area contributed by atoms with Crippen molar-refractivity contribution in [2.24, 2.45) is 0 Å². The average molecular weight is 359 g/mol. The van der Waals surface area contributed by atoms with Gasteiger partial charge in [-0.1, -0.05) is 40.2 Å². The van der Waals surface area contributed by atoms with Crippen molar-refractivity contribution in [1.29, 1.82) is 5.26 Å². The summed E-state index contributed by atoms with van der Waals surface area (Å²) in [7, 11) is 0. The predicted octanol–water partition coefficient (Wildman–Crippen LogP) is 4.64. The molecule has 3 rings (SSSR count). The SMILES string of the molecule is N#Cc1nc2ccc(OCc3cccc(CBr)c3)cc2s1. The summed E-state index contributed by atoms with van der Waals surface area (Å²) in [6.45, 7) is 0.524. The fourth-order valence-electron chi connectivity index (χ4n) is 2.01. The van der Waals surface area contributed by atoms with E-state index in [-0.39, 0.29) is 0 Å². The highest BCUT2D eigenvalue weighted by Gasteiger charge is 2.05. The number of rotatable bonds is 4. The maximum Gasteiger partial charge on any atom is 0.195 e. The molecule has 3 nitrogen and oxygen atoms in total. The molecule has 0 unspecified atom stereocenters. The predicted molar refractivity (Wildman–Crippen MR) is 87.7 cm³/mol. The van der Waals surface area contributed by atoms with E-state index >= 15 is 0 Å². The van der Waals surface area contributed by atoms with Crippen molar-refractivity contribution in [3.05, 3.63) is 58.6 Å². The van der Waals surface area contributed by atoms with E-state index in [2.05, 4.69) is 39.1 Å². The molecule has 0 aliphatic rings. The maximum absolute atomic E-state index is 8.87. The van der Waals surface area contributed by atoms with Gasteiger partial charge in [0.25, 0.3) is 0 Å². The first-order valence-corrected chi connectivity index (χ1v) is 8.29. The van der Waals surface area contributed by atoms with Crippen LogP contribution in [0.2, 0.25) is 0 Å². The Hall–Kier alpha value is -1.90. The van der Waals surface area contributed by atoms with Crippen molar-refractivity contribution in [3.63, 3.8) is 0 Å². The van der Waals surface area contributed by atoms with Crippen LogP contribution in [-0.4, -0.2) is 4.98 Å². The van der Waals surface area contributed by atoms with Crippen LogP contribution in [0.15, 0.2) is 42.5 Å². The van der Waals surface area contributed by atoms with E-state index in [1.165, 1.54) is 16.9 Å². The Balaban J connectivity index is 1.76. The van der Waals surface area contributed by atoms with Gasteiger partial charge >= 0.3 is 0 Å². The minimum absolute atomic E-state index is 0.479. The second kappa shape index (κ2) is 6.25.